The number of rotatable bonds is 3. The highest BCUT2D eigenvalue weighted by Crippen LogP contribution is 2.17. The lowest BCUT2D eigenvalue weighted by Gasteiger charge is -2.02. The van der Waals surface area contributed by atoms with Crippen LogP contribution in [0.5, 0.6) is 0 Å². The van der Waals surface area contributed by atoms with Crippen molar-refractivity contribution in [2.75, 3.05) is 14.2 Å². The summed E-state index contributed by atoms with van der Waals surface area (Å²) in [7, 11) is -0.308. The molecule has 0 radical (unpaired) electrons. The van der Waals surface area contributed by atoms with Crippen molar-refractivity contribution < 1.29 is 28.5 Å². The standard InChI is InChI=1S/C10H9O6P/c1-15-9(11)6-3-7(10(12)16-2)5-8(4-6)17(13)14/h3-5H,1-2H3/p+1. The van der Waals surface area contributed by atoms with E-state index in [0.717, 1.165) is 0 Å². The van der Waals surface area contributed by atoms with Crippen molar-refractivity contribution in [2.45, 2.75) is 0 Å². The van der Waals surface area contributed by atoms with Crippen molar-refractivity contribution in [3.63, 3.8) is 0 Å². The van der Waals surface area contributed by atoms with E-state index in [9.17, 15) is 14.2 Å². The summed E-state index contributed by atoms with van der Waals surface area (Å²) in [6.45, 7) is 0. The number of ether oxygens (including phenoxy) is 2. The quantitative estimate of drug-likeness (QED) is 0.630. The zero-order valence-corrected chi connectivity index (χ0v) is 10.1. The first kappa shape index (κ1) is 13.3. The van der Waals surface area contributed by atoms with Crippen molar-refractivity contribution in [2.24, 2.45) is 0 Å². The van der Waals surface area contributed by atoms with Gasteiger partial charge in [0.15, 0.2) is 0 Å². The summed E-state index contributed by atoms with van der Waals surface area (Å²) in [5.41, 5.74) is 0.0330. The third-order valence-electron chi connectivity index (χ3n) is 1.98. The molecule has 1 atom stereocenters. The van der Waals surface area contributed by atoms with Crippen LogP contribution in [-0.2, 0) is 14.0 Å². The molecule has 1 aromatic carbocycles. The van der Waals surface area contributed by atoms with Crippen molar-refractivity contribution in [1.29, 1.82) is 0 Å². The molecule has 0 aliphatic carbocycles. The number of carbonyl (C=O) groups excluding carboxylic acids is 2. The predicted octanol–water partition coefficient (Wildman–Crippen LogP) is 0.620. The summed E-state index contributed by atoms with van der Waals surface area (Å²) in [5.74, 6) is -1.40. The minimum atomic E-state index is -2.65. The molecule has 1 aromatic rings. The van der Waals surface area contributed by atoms with E-state index < -0.39 is 20.0 Å². The molecule has 0 bridgehead atoms. The van der Waals surface area contributed by atoms with Gasteiger partial charge in [0.25, 0.3) is 0 Å². The first-order valence-corrected chi connectivity index (χ1v) is 5.68. The Morgan fingerprint density at radius 3 is 1.76 bits per heavy atom. The molecule has 90 valence electrons. The van der Waals surface area contributed by atoms with E-state index in [0.29, 0.717) is 0 Å². The number of carbonyl (C=O) groups is 2. The van der Waals surface area contributed by atoms with E-state index in [1.165, 1.54) is 32.4 Å². The van der Waals surface area contributed by atoms with Crippen LogP contribution >= 0.6 is 8.03 Å². The lowest BCUT2D eigenvalue weighted by molar-refractivity contribution is 0.0599. The van der Waals surface area contributed by atoms with Crippen LogP contribution in [0.25, 0.3) is 0 Å². The van der Waals surface area contributed by atoms with Gasteiger partial charge in [-0.3, -0.25) is 0 Å². The molecule has 0 saturated heterocycles. The maximum absolute atomic E-state index is 11.3. The SMILES string of the molecule is COC(=O)c1cc(C(=O)OC)cc([P+](=O)O)c1. The minimum absolute atomic E-state index is 0.0165. The zero-order chi connectivity index (χ0) is 13.0. The fraction of sp³-hybridized carbons (Fsp3) is 0.200. The van der Waals surface area contributed by atoms with Crippen LogP contribution in [0.15, 0.2) is 18.2 Å². The summed E-state index contributed by atoms with van der Waals surface area (Å²) in [6.07, 6.45) is 0. The molecule has 0 aromatic heterocycles. The van der Waals surface area contributed by atoms with E-state index in [-0.39, 0.29) is 16.4 Å². The van der Waals surface area contributed by atoms with Gasteiger partial charge >= 0.3 is 20.0 Å². The first-order chi connectivity index (χ1) is 7.99. The number of methoxy groups -OCH3 is 2. The van der Waals surface area contributed by atoms with E-state index in [4.69, 9.17) is 4.89 Å². The van der Waals surface area contributed by atoms with Crippen molar-refractivity contribution in [3.8, 4) is 0 Å². The summed E-state index contributed by atoms with van der Waals surface area (Å²) in [5, 5.41) is -0.0386. The van der Waals surface area contributed by atoms with Crippen LogP contribution in [0.1, 0.15) is 20.7 Å². The van der Waals surface area contributed by atoms with E-state index in [1.54, 1.807) is 0 Å². The Morgan fingerprint density at radius 1 is 1.06 bits per heavy atom. The van der Waals surface area contributed by atoms with Gasteiger partial charge in [-0.25, -0.2) is 9.59 Å². The Bertz CT molecular complexity index is 447. The lowest BCUT2D eigenvalue weighted by atomic mass is 10.1. The summed E-state index contributed by atoms with van der Waals surface area (Å²) >= 11 is 0. The lowest BCUT2D eigenvalue weighted by Crippen LogP contribution is -2.11. The Labute approximate surface area is 98.0 Å². The summed E-state index contributed by atoms with van der Waals surface area (Å²) in [6, 6.07) is 3.62. The number of benzene rings is 1. The van der Waals surface area contributed by atoms with Gasteiger partial charge < -0.3 is 9.47 Å². The molecule has 0 amide bonds. The Balaban J connectivity index is 3.33. The molecule has 1 unspecified atom stereocenters. The van der Waals surface area contributed by atoms with Crippen LogP contribution in [0.4, 0.5) is 0 Å². The Morgan fingerprint density at radius 2 is 1.47 bits per heavy atom. The maximum Gasteiger partial charge on any atom is 0.546 e. The fourth-order valence-electron chi connectivity index (χ4n) is 1.19. The molecule has 0 saturated carbocycles. The van der Waals surface area contributed by atoms with E-state index >= 15 is 0 Å². The molecule has 0 spiro atoms. The van der Waals surface area contributed by atoms with Crippen molar-refractivity contribution >= 4 is 25.3 Å². The van der Waals surface area contributed by atoms with E-state index in [2.05, 4.69) is 9.47 Å². The number of hydrogen-bond acceptors (Lipinski definition) is 5. The van der Waals surface area contributed by atoms with Gasteiger partial charge in [0.05, 0.1) is 25.3 Å². The molecule has 0 fully saturated rings. The highest BCUT2D eigenvalue weighted by Gasteiger charge is 2.23. The summed E-state index contributed by atoms with van der Waals surface area (Å²) in [4.78, 5) is 31.6. The molecular formula is C10H10O6P+. The molecule has 0 aliphatic heterocycles. The van der Waals surface area contributed by atoms with E-state index in [1.807, 2.05) is 0 Å². The summed E-state index contributed by atoms with van der Waals surface area (Å²) < 4.78 is 19.9. The van der Waals surface area contributed by atoms with Gasteiger partial charge in [0.1, 0.15) is 0 Å². The van der Waals surface area contributed by atoms with Crippen LogP contribution in [0.3, 0.4) is 0 Å². The Kier molecular flexibility index (Phi) is 4.31. The van der Waals surface area contributed by atoms with Crippen LogP contribution in [0.2, 0.25) is 0 Å². The van der Waals surface area contributed by atoms with Gasteiger partial charge in [-0.2, -0.15) is 4.89 Å². The third-order valence-corrected chi connectivity index (χ3v) is 2.68. The molecule has 1 rings (SSSR count). The highest BCUT2D eigenvalue weighted by molar-refractivity contribution is 7.47. The third kappa shape index (κ3) is 3.09. The second kappa shape index (κ2) is 5.52. The van der Waals surface area contributed by atoms with Crippen LogP contribution in [-0.4, -0.2) is 31.1 Å². The van der Waals surface area contributed by atoms with Crippen LogP contribution < -0.4 is 5.30 Å². The fourth-order valence-corrected chi connectivity index (χ4v) is 1.69. The normalized spacial score (nSPS) is 10.6. The second-order valence-electron chi connectivity index (χ2n) is 3.02. The maximum atomic E-state index is 11.3. The van der Waals surface area contributed by atoms with Gasteiger partial charge in [-0.05, 0) is 10.6 Å². The Hall–Kier alpha value is -1.78. The molecule has 7 heteroatoms. The van der Waals surface area contributed by atoms with Gasteiger partial charge in [-0.1, -0.05) is 0 Å². The number of esters is 2. The predicted molar refractivity (Wildman–Crippen MR) is 58.6 cm³/mol. The van der Waals surface area contributed by atoms with Crippen LogP contribution in [0, 0.1) is 0 Å². The molecular weight excluding hydrogens is 247 g/mol. The number of hydrogen-bond donors (Lipinski definition) is 1. The molecule has 6 nitrogen and oxygen atoms in total. The van der Waals surface area contributed by atoms with Gasteiger partial charge in [-0.15, -0.1) is 0 Å². The van der Waals surface area contributed by atoms with Crippen molar-refractivity contribution in [1.82, 2.24) is 0 Å². The van der Waals surface area contributed by atoms with Gasteiger partial charge in [0.2, 0.25) is 5.30 Å². The average Bonchev–Trinajstić information content (AvgIpc) is 2.36. The highest BCUT2D eigenvalue weighted by atomic mass is 31.1. The average molecular weight is 257 g/mol. The smallest absolute Gasteiger partial charge is 0.465 e. The second-order valence-corrected chi connectivity index (χ2v) is 4.09. The first-order valence-electron chi connectivity index (χ1n) is 4.47. The molecule has 0 aliphatic rings. The topological polar surface area (TPSA) is 89.9 Å². The minimum Gasteiger partial charge on any atom is -0.465 e. The zero-order valence-electron chi connectivity index (χ0n) is 9.17. The van der Waals surface area contributed by atoms with Gasteiger partial charge in [0, 0.05) is 12.1 Å². The largest absolute Gasteiger partial charge is 0.546 e. The van der Waals surface area contributed by atoms with Crippen molar-refractivity contribution in [3.05, 3.63) is 29.3 Å². The molecule has 0 heterocycles. The molecule has 17 heavy (non-hydrogen) atoms. The molecule has 1 N–H and O–H groups in total. The monoisotopic (exact) mass is 257 g/mol.